The van der Waals surface area contributed by atoms with Crippen molar-refractivity contribution in [1.29, 1.82) is 0 Å². The largest absolute Gasteiger partial charge is 0.459 e. The lowest BCUT2D eigenvalue weighted by atomic mass is 10.1. The maximum atomic E-state index is 13.4. The van der Waals surface area contributed by atoms with E-state index in [1.165, 1.54) is 62.6 Å². The number of fused-ring (bicyclic) bond motifs is 3. The summed E-state index contributed by atoms with van der Waals surface area (Å²) in [5.74, 6) is -1.30. The molecule has 3 saturated heterocycles. The quantitative estimate of drug-likeness (QED) is 0.0991. The lowest BCUT2D eigenvalue weighted by Crippen LogP contribution is -2.49. The number of nitrogens with one attached hydrogen (secondary N) is 1. The van der Waals surface area contributed by atoms with Crippen LogP contribution in [-0.2, 0) is 20.6 Å². The summed E-state index contributed by atoms with van der Waals surface area (Å²) in [5, 5.41) is 58.4. The Hall–Kier alpha value is -11.8. The normalized spacial score (nSPS) is 14.2. The van der Waals surface area contributed by atoms with Gasteiger partial charge in [0.15, 0.2) is 11.5 Å². The lowest BCUT2D eigenvalue weighted by Gasteiger charge is -2.36. The van der Waals surface area contributed by atoms with E-state index in [0.717, 1.165) is 11.6 Å². The Balaban J connectivity index is 0.000000142. The van der Waals surface area contributed by atoms with Crippen LogP contribution in [0.5, 0.6) is 0 Å². The van der Waals surface area contributed by atoms with Crippen molar-refractivity contribution >= 4 is 102 Å². The minimum Gasteiger partial charge on any atom is -0.459 e. The number of hydrogen-bond donors (Lipinski definition) is 1. The first-order valence-electron chi connectivity index (χ1n) is 28.6. The van der Waals surface area contributed by atoms with Gasteiger partial charge in [0.2, 0.25) is 0 Å². The van der Waals surface area contributed by atoms with Gasteiger partial charge >= 0.3 is 39.6 Å². The molecule has 3 aliphatic rings. The summed E-state index contributed by atoms with van der Waals surface area (Å²) >= 11 is 1.51. The Labute approximate surface area is 521 Å². The van der Waals surface area contributed by atoms with Crippen LogP contribution in [0.2, 0.25) is 0 Å². The number of H-pyrrole nitrogens is 1. The van der Waals surface area contributed by atoms with E-state index >= 15 is 0 Å². The molecular formula is C60H55N15O16S. The first kappa shape index (κ1) is 61.8. The Morgan fingerprint density at radius 3 is 1.37 bits per heavy atom. The molecule has 13 rings (SSSR count). The predicted octanol–water partition coefficient (Wildman–Crippen LogP) is 6.62. The van der Waals surface area contributed by atoms with Crippen molar-refractivity contribution < 1.29 is 42.9 Å². The predicted molar refractivity (Wildman–Crippen MR) is 337 cm³/mol. The molecule has 0 spiro atoms. The summed E-state index contributed by atoms with van der Waals surface area (Å²) in [6.07, 6.45) is 2.96. The molecule has 1 N–H and O–H groups in total. The molecule has 10 aromatic rings. The average molecular weight is 1270 g/mol. The molecule has 32 heteroatoms. The third-order valence-electron chi connectivity index (χ3n) is 16.2. The maximum absolute atomic E-state index is 13.4. The molecular weight excluding hydrogens is 1220 g/mol. The van der Waals surface area contributed by atoms with Crippen LogP contribution < -0.4 is 31.4 Å². The summed E-state index contributed by atoms with van der Waals surface area (Å²) in [7, 11) is 3.02. The second-order valence-electron chi connectivity index (χ2n) is 21.3. The number of nitro groups is 4. The number of furan rings is 2. The van der Waals surface area contributed by atoms with Crippen LogP contribution in [0.25, 0.3) is 32.7 Å². The zero-order valence-corrected chi connectivity index (χ0v) is 49.9. The van der Waals surface area contributed by atoms with Crippen LogP contribution in [-0.4, -0.2) is 155 Å². The number of pyridine rings is 3. The van der Waals surface area contributed by atoms with Gasteiger partial charge in [0.1, 0.15) is 27.7 Å². The molecule has 3 amide bonds. The Kier molecular flexibility index (Phi) is 17.5. The number of piperazine rings is 3. The van der Waals surface area contributed by atoms with Gasteiger partial charge in [0.25, 0.3) is 17.7 Å². The molecule has 3 fully saturated rings. The van der Waals surface area contributed by atoms with Gasteiger partial charge in [-0.1, -0.05) is 54.6 Å². The van der Waals surface area contributed by atoms with E-state index in [1.54, 1.807) is 81.4 Å². The highest BCUT2D eigenvalue weighted by Crippen LogP contribution is 2.38. The molecule has 0 bridgehead atoms. The second kappa shape index (κ2) is 26.1. The molecule has 10 heterocycles. The number of aryl methyl sites for hydroxylation is 2. The Bertz CT molecular complexity index is 4690. The molecule has 3 aliphatic heterocycles. The van der Waals surface area contributed by atoms with Crippen molar-refractivity contribution in [2.45, 2.75) is 6.54 Å². The van der Waals surface area contributed by atoms with Crippen molar-refractivity contribution in [2.24, 2.45) is 14.1 Å². The smallest absolute Gasteiger partial charge is 0.433 e. The number of aromatic amines is 1. The lowest BCUT2D eigenvalue weighted by molar-refractivity contribution is -0.402. The minimum absolute atomic E-state index is 0.148. The van der Waals surface area contributed by atoms with Crippen LogP contribution in [0.3, 0.4) is 0 Å². The number of carbonyl (C=O) groups is 3. The maximum Gasteiger partial charge on any atom is 0.433 e. The molecule has 0 unspecified atom stereocenters. The minimum atomic E-state index is -0.727. The van der Waals surface area contributed by atoms with Crippen LogP contribution in [0.4, 0.5) is 40.0 Å². The number of aromatic nitrogens is 5. The Morgan fingerprint density at radius 1 is 0.511 bits per heavy atom. The van der Waals surface area contributed by atoms with Gasteiger partial charge in [-0.05, 0) is 64.9 Å². The molecule has 0 atom stereocenters. The van der Waals surface area contributed by atoms with E-state index in [-0.39, 0.29) is 61.7 Å². The summed E-state index contributed by atoms with van der Waals surface area (Å²) < 4.78 is 14.2. The molecule has 0 saturated carbocycles. The first-order chi connectivity index (χ1) is 44.3. The third-order valence-corrected chi connectivity index (χ3v) is 16.9. The van der Waals surface area contributed by atoms with Gasteiger partial charge in [-0.15, -0.1) is 0 Å². The zero-order chi connectivity index (χ0) is 65.1. The SMILES string of the molecule is Cn1c(=O)c([N+](=O)[O-])c(N2CCN(C(=O)c3ccc([N+](=O)[O-])o3)CC2)c2ccccc21.Cn1c(=O)c([N+](=O)[O-])c(N2CCN(C(=O)c3ccn[nH]3)CC2)c2ccccc21.O=C(c1ccco1)N1CCN(c2c([N+](=O)[O-])c(=O)n(Cc3ccsc3)c3ccccc23)CC1. The zero-order valence-electron chi connectivity index (χ0n) is 49.1. The molecule has 0 radical (unpaired) electrons. The van der Waals surface area contributed by atoms with E-state index in [9.17, 15) is 69.2 Å². The van der Waals surface area contributed by atoms with E-state index in [0.29, 0.717) is 102 Å². The second-order valence-corrected chi connectivity index (χ2v) is 22.1. The van der Waals surface area contributed by atoms with Gasteiger partial charge < -0.3 is 47.4 Å². The molecule has 472 valence electrons. The fourth-order valence-electron chi connectivity index (χ4n) is 11.7. The summed E-state index contributed by atoms with van der Waals surface area (Å²) in [4.78, 5) is 130. The van der Waals surface area contributed by atoms with Crippen molar-refractivity contribution in [3.05, 3.63) is 227 Å². The van der Waals surface area contributed by atoms with E-state index < -0.39 is 65.2 Å². The number of nitrogens with zero attached hydrogens (tertiary/aromatic N) is 14. The van der Waals surface area contributed by atoms with Crippen LogP contribution in [0.1, 0.15) is 37.2 Å². The number of anilines is 3. The fraction of sp³-hybridized carbons (Fsp3) is 0.250. The van der Waals surface area contributed by atoms with E-state index in [2.05, 4.69) is 10.2 Å². The number of thiophene rings is 1. The highest BCUT2D eigenvalue weighted by Gasteiger charge is 2.36. The summed E-state index contributed by atoms with van der Waals surface area (Å²) in [6.45, 7) is 4.16. The topological polar surface area (TPSA) is 364 Å². The third kappa shape index (κ3) is 12.0. The van der Waals surface area contributed by atoms with Crippen LogP contribution in [0.15, 0.2) is 156 Å². The van der Waals surface area contributed by atoms with Gasteiger partial charge in [0, 0.05) is 115 Å². The van der Waals surface area contributed by atoms with Crippen molar-refractivity contribution in [1.82, 2.24) is 38.6 Å². The van der Waals surface area contributed by atoms with E-state index in [1.807, 2.05) is 50.9 Å². The molecule has 31 nitrogen and oxygen atoms in total. The number of carbonyl (C=O) groups excluding carboxylic acids is 3. The molecule has 0 aliphatic carbocycles. The number of para-hydroxylation sites is 3. The highest BCUT2D eigenvalue weighted by molar-refractivity contribution is 7.07. The first-order valence-corrected chi connectivity index (χ1v) is 29.5. The van der Waals surface area contributed by atoms with Crippen molar-refractivity contribution in [3.8, 4) is 0 Å². The Morgan fingerprint density at radius 2 is 0.957 bits per heavy atom. The number of hydrogen-bond acceptors (Lipinski definition) is 21. The highest BCUT2D eigenvalue weighted by atomic mass is 32.1. The molecule has 3 aromatic carbocycles. The van der Waals surface area contributed by atoms with Crippen molar-refractivity contribution in [3.63, 3.8) is 0 Å². The van der Waals surface area contributed by atoms with E-state index in [4.69, 9.17) is 8.83 Å². The fourth-order valence-corrected chi connectivity index (χ4v) is 12.3. The number of benzene rings is 3. The number of rotatable bonds is 12. The monoisotopic (exact) mass is 1270 g/mol. The standard InChI is InChI=1S/C23H20N4O5S.C19H17N5O7.C18H18N6O4/c28-22(19-6-3-12-32-19)25-10-8-24(9-11-25)20-17-4-1-2-5-18(17)26(14-16-7-13-33-15-16)23(29)21(20)27(30)31;1-20-13-5-3-2-4-12(13)16(17(19(20)26)24(29)30)21-8-10-22(11-9-21)18(25)14-6-7-15(31-14)23(27)28;1-21-14-5-3-2-4-12(14)15(16(18(21)26)24(27)28)22-8-10-23(11-9-22)17(25)13-6-7-19-20-13/h1-7,12-13,15H,8-11,14H2;2-7H,8-11H2,1H3;2-7H,8-11H2,1H3,(H,19,20). The summed E-state index contributed by atoms with van der Waals surface area (Å²) in [6, 6.07) is 30.4. The summed E-state index contributed by atoms with van der Waals surface area (Å²) in [5.41, 5.74) is 0.643. The average Bonchev–Trinajstić information content (AvgIpc) is 0.866. The molecule has 7 aromatic heterocycles. The van der Waals surface area contributed by atoms with Crippen molar-refractivity contribution in [2.75, 3.05) is 93.2 Å². The van der Waals surface area contributed by atoms with Gasteiger partial charge in [-0.3, -0.25) is 78.9 Å². The number of amides is 3. The van der Waals surface area contributed by atoms with Gasteiger partial charge in [0.05, 0.1) is 50.2 Å². The van der Waals surface area contributed by atoms with Gasteiger partial charge in [-0.2, -0.15) is 16.4 Å². The van der Waals surface area contributed by atoms with Crippen LogP contribution in [0, 0.1) is 40.5 Å². The molecule has 92 heavy (non-hydrogen) atoms. The van der Waals surface area contributed by atoms with Gasteiger partial charge in [-0.25, -0.2) is 0 Å². The van der Waals surface area contributed by atoms with Crippen LogP contribution >= 0.6 is 11.3 Å².